The predicted molar refractivity (Wildman–Crippen MR) is 108 cm³/mol. The smallest absolute Gasteiger partial charge is 0.353 e. The monoisotopic (exact) mass is 433 g/mol. The number of carbonyl (C=O) groups excluding carboxylic acids is 2. The number of pyridine rings is 1. The molecule has 0 radical (unpaired) electrons. The van der Waals surface area contributed by atoms with Gasteiger partial charge in [-0.2, -0.15) is 13.2 Å². The zero-order valence-electron chi connectivity index (χ0n) is 15.8. The Labute approximate surface area is 175 Å². The Morgan fingerprint density at radius 3 is 2.73 bits per heavy atom. The minimum atomic E-state index is -4.40. The average molecular weight is 433 g/mol. The van der Waals surface area contributed by atoms with Crippen molar-refractivity contribution >= 4 is 34.3 Å². The van der Waals surface area contributed by atoms with Gasteiger partial charge in [0.25, 0.3) is 0 Å². The first-order chi connectivity index (χ1) is 14.3. The van der Waals surface area contributed by atoms with E-state index in [0.717, 1.165) is 28.3 Å². The van der Waals surface area contributed by atoms with Crippen molar-refractivity contribution in [2.24, 2.45) is 0 Å². The Balaban J connectivity index is 1.32. The van der Waals surface area contributed by atoms with Crippen molar-refractivity contribution in [3.63, 3.8) is 0 Å². The second-order valence-electron chi connectivity index (χ2n) is 7.16. The van der Waals surface area contributed by atoms with Gasteiger partial charge in [-0.15, -0.1) is 0 Å². The van der Waals surface area contributed by atoms with E-state index in [1.807, 2.05) is 23.1 Å². The number of benzene rings is 1. The van der Waals surface area contributed by atoms with Crippen LogP contribution in [0.25, 0.3) is 0 Å². The Bertz CT molecular complexity index is 1020. The van der Waals surface area contributed by atoms with E-state index >= 15 is 0 Å². The second-order valence-corrected chi connectivity index (χ2v) is 8.26. The molecule has 30 heavy (non-hydrogen) atoms. The lowest BCUT2D eigenvalue weighted by molar-refractivity contribution is -0.137. The van der Waals surface area contributed by atoms with E-state index < -0.39 is 11.7 Å². The molecule has 3 heterocycles. The van der Waals surface area contributed by atoms with Gasteiger partial charge in [0.1, 0.15) is 5.82 Å². The van der Waals surface area contributed by atoms with E-state index in [-0.39, 0.29) is 17.4 Å². The van der Waals surface area contributed by atoms with Gasteiger partial charge in [-0.3, -0.25) is 9.59 Å². The minimum Gasteiger partial charge on any atom is -0.353 e. The SMILES string of the molecule is O=C(CC1=CCN(c2ccc(C(F)(F)F)cn2)CC1)Nc1ccc2c(c1)SC(=O)C2. The maximum atomic E-state index is 12.7. The molecule has 0 aliphatic carbocycles. The molecular formula is C21H18F3N3O2S. The summed E-state index contributed by atoms with van der Waals surface area (Å²) >= 11 is 1.19. The van der Waals surface area contributed by atoms with Gasteiger partial charge in [-0.1, -0.05) is 29.5 Å². The molecule has 1 aromatic heterocycles. The van der Waals surface area contributed by atoms with Crippen molar-refractivity contribution in [3.05, 3.63) is 59.3 Å². The lowest BCUT2D eigenvalue weighted by Gasteiger charge is -2.27. The van der Waals surface area contributed by atoms with Gasteiger partial charge in [0.15, 0.2) is 5.12 Å². The summed E-state index contributed by atoms with van der Waals surface area (Å²) in [6.45, 7) is 1.06. The molecule has 0 atom stereocenters. The quantitative estimate of drug-likeness (QED) is 0.723. The number of halogens is 3. The van der Waals surface area contributed by atoms with E-state index in [2.05, 4.69) is 10.3 Å². The number of alkyl halides is 3. The largest absolute Gasteiger partial charge is 0.417 e. The third-order valence-corrected chi connectivity index (χ3v) is 5.97. The van der Waals surface area contributed by atoms with Crippen LogP contribution in [0.4, 0.5) is 24.7 Å². The van der Waals surface area contributed by atoms with Crippen molar-refractivity contribution in [1.29, 1.82) is 0 Å². The van der Waals surface area contributed by atoms with Crippen LogP contribution in [0.3, 0.4) is 0 Å². The van der Waals surface area contributed by atoms with Crippen molar-refractivity contribution < 1.29 is 22.8 Å². The van der Waals surface area contributed by atoms with Gasteiger partial charge in [0.2, 0.25) is 5.91 Å². The highest BCUT2D eigenvalue weighted by molar-refractivity contribution is 8.14. The van der Waals surface area contributed by atoms with Crippen LogP contribution in [0, 0.1) is 0 Å². The van der Waals surface area contributed by atoms with Crippen LogP contribution in [0.2, 0.25) is 0 Å². The number of aromatic nitrogens is 1. The summed E-state index contributed by atoms with van der Waals surface area (Å²) in [6.07, 6.45) is -0.349. The number of anilines is 2. The van der Waals surface area contributed by atoms with Gasteiger partial charge in [0, 0.05) is 42.7 Å². The molecule has 156 valence electrons. The highest BCUT2D eigenvalue weighted by Crippen LogP contribution is 2.34. The number of thioether (sulfide) groups is 1. The zero-order chi connectivity index (χ0) is 21.3. The topological polar surface area (TPSA) is 62.3 Å². The maximum absolute atomic E-state index is 12.7. The lowest BCUT2D eigenvalue weighted by atomic mass is 10.0. The molecule has 2 aromatic rings. The molecule has 0 saturated heterocycles. The molecule has 9 heteroatoms. The van der Waals surface area contributed by atoms with Crippen LogP contribution in [-0.4, -0.2) is 29.1 Å². The Morgan fingerprint density at radius 1 is 1.23 bits per heavy atom. The molecule has 2 aliphatic rings. The first kappa shape index (κ1) is 20.5. The fraction of sp³-hybridized carbons (Fsp3) is 0.286. The number of nitrogens with one attached hydrogen (secondary N) is 1. The normalized spacial score (nSPS) is 16.3. The van der Waals surface area contributed by atoms with Crippen LogP contribution < -0.4 is 10.2 Å². The Hall–Kier alpha value is -2.81. The number of hydrogen-bond donors (Lipinski definition) is 1. The standard InChI is InChI=1S/C21H18F3N3O2S/c22-21(23,24)15-2-4-18(25-12-15)27-7-5-13(6-8-27)9-19(28)26-16-3-1-14-10-20(29)30-17(14)11-16/h1-5,11-12H,6-10H2,(H,26,28). The van der Waals surface area contributed by atoms with Gasteiger partial charge >= 0.3 is 6.18 Å². The van der Waals surface area contributed by atoms with Crippen LogP contribution in [0.1, 0.15) is 24.0 Å². The molecular weight excluding hydrogens is 415 g/mol. The van der Waals surface area contributed by atoms with E-state index in [4.69, 9.17) is 0 Å². The molecule has 4 rings (SSSR count). The lowest BCUT2D eigenvalue weighted by Crippen LogP contribution is -2.30. The fourth-order valence-corrected chi connectivity index (χ4v) is 4.35. The molecule has 0 spiro atoms. The van der Waals surface area contributed by atoms with Crippen molar-refractivity contribution in [3.8, 4) is 0 Å². The summed E-state index contributed by atoms with van der Waals surface area (Å²) in [5.74, 6) is 0.338. The third kappa shape index (κ3) is 4.67. The molecule has 1 N–H and O–H groups in total. The van der Waals surface area contributed by atoms with Crippen LogP contribution >= 0.6 is 11.8 Å². The molecule has 1 aromatic carbocycles. The van der Waals surface area contributed by atoms with E-state index in [9.17, 15) is 22.8 Å². The third-order valence-electron chi connectivity index (χ3n) is 5.00. The average Bonchev–Trinajstić information content (AvgIpc) is 3.07. The molecule has 0 fully saturated rings. The number of amides is 1. The minimum absolute atomic E-state index is 0.105. The summed E-state index contributed by atoms with van der Waals surface area (Å²) in [5.41, 5.74) is 1.84. The van der Waals surface area contributed by atoms with Gasteiger partial charge in [-0.05, 0) is 36.2 Å². The van der Waals surface area contributed by atoms with Gasteiger partial charge in [0.05, 0.1) is 5.56 Å². The highest BCUT2D eigenvalue weighted by Gasteiger charge is 2.31. The molecule has 5 nitrogen and oxygen atoms in total. The van der Waals surface area contributed by atoms with Crippen molar-refractivity contribution in [2.75, 3.05) is 23.3 Å². The van der Waals surface area contributed by atoms with E-state index in [1.165, 1.54) is 17.8 Å². The second kappa shape index (κ2) is 8.14. The first-order valence-electron chi connectivity index (χ1n) is 9.37. The molecule has 0 saturated carbocycles. The number of fused-ring (bicyclic) bond motifs is 1. The van der Waals surface area contributed by atoms with Gasteiger partial charge < -0.3 is 10.2 Å². The number of nitrogens with zero attached hydrogens (tertiary/aromatic N) is 2. The molecule has 2 aliphatic heterocycles. The summed E-state index contributed by atoms with van der Waals surface area (Å²) in [7, 11) is 0. The molecule has 0 unspecified atom stereocenters. The predicted octanol–water partition coefficient (Wildman–Crippen LogP) is 4.44. The summed E-state index contributed by atoms with van der Waals surface area (Å²) in [4.78, 5) is 30.5. The zero-order valence-corrected chi connectivity index (χ0v) is 16.6. The van der Waals surface area contributed by atoms with E-state index in [1.54, 1.807) is 6.07 Å². The van der Waals surface area contributed by atoms with Crippen LogP contribution in [0.15, 0.2) is 53.1 Å². The van der Waals surface area contributed by atoms with E-state index in [0.29, 0.717) is 37.4 Å². The van der Waals surface area contributed by atoms with Crippen LogP contribution in [-0.2, 0) is 22.2 Å². The summed E-state index contributed by atoms with van der Waals surface area (Å²) in [6, 6.07) is 7.86. The number of hydrogen-bond acceptors (Lipinski definition) is 5. The summed E-state index contributed by atoms with van der Waals surface area (Å²) < 4.78 is 38.0. The number of carbonyl (C=O) groups is 2. The maximum Gasteiger partial charge on any atom is 0.417 e. The summed E-state index contributed by atoms with van der Waals surface area (Å²) in [5, 5.41) is 2.96. The van der Waals surface area contributed by atoms with Crippen molar-refractivity contribution in [1.82, 2.24) is 4.98 Å². The first-order valence-corrected chi connectivity index (χ1v) is 10.2. The van der Waals surface area contributed by atoms with Crippen molar-refractivity contribution in [2.45, 2.75) is 30.3 Å². The number of rotatable bonds is 4. The fourth-order valence-electron chi connectivity index (χ4n) is 3.42. The van der Waals surface area contributed by atoms with Gasteiger partial charge in [-0.25, -0.2) is 4.98 Å². The molecule has 1 amide bonds. The Kier molecular flexibility index (Phi) is 5.55. The molecule has 0 bridgehead atoms. The highest BCUT2D eigenvalue weighted by atomic mass is 32.2. The van der Waals surface area contributed by atoms with Crippen LogP contribution in [0.5, 0.6) is 0 Å². The Morgan fingerprint density at radius 2 is 2.07 bits per heavy atom.